The number of nitrogens with zero attached hydrogens (tertiary/aromatic N) is 2. The molecule has 1 saturated heterocycles. The summed E-state index contributed by atoms with van der Waals surface area (Å²) >= 11 is 1.78. The molecule has 5 heteroatoms. The van der Waals surface area contributed by atoms with E-state index in [4.69, 9.17) is 0 Å². The van der Waals surface area contributed by atoms with Crippen molar-refractivity contribution in [3.8, 4) is 0 Å². The highest BCUT2D eigenvalue weighted by Gasteiger charge is 2.30. The summed E-state index contributed by atoms with van der Waals surface area (Å²) in [4.78, 5) is 18.9. The van der Waals surface area contributed by atoms with Crippen molar-refractivity contribution in [3.63, 3.8) is 0 Å². The molecule has 2 heterocycles. The van der Waals surface area contributed by atoms with Crippen molar-refractivity contribution < 1.29 is 4.79 Å². The maximum absolute atomic E-state index is 12.6. The first-order valence-corrected chi connectivity index (χ1v) is 9.92. The van der Waals surface area contributed by atoms with E-state index in [0.29, 0.717) is 0 Å². The van der Waals surface area contributed by atoms with Crippen LogP contribution in [0.4, 0.5) is 0 Å². The van der Waals surface area contributed by atoms with Crippen LogP contribution in [0, 0.1) is 0 Å². The van der Waals surface area contributed by atoms with E-state index in [9.17, 15) is 4.79 Å². The van der Waals surface area contributed by atoms with Crippen LogP contribution in [0.1, 0.15) is 35.1 Å². The lowest BCUT2D eigenvalue weighted by Gasteiger charge is -2.41. The molecule has 2 atom stereocenters. The summed E-state index contributed by atoms with van der Waals surface area (Å²) in [6.45, 7) is 9.73. The van der Waals surface area contributed by atoms with E-state index in [0.717, 1.165) is 38.3 Å². The predicted molar refractivity (Wildman–Crippen MR) is 104 cm³/mol. The molecule has 0 bridgehead atoms. The van der Waals surface area contributed by atoms with E-state index in [1.807, 2.05) is 30.3 Å². The molecule has 1 fully saturated rings. The molecule has 0 saturated carbocycles. The van der Waals surface area contributed by atoms with E-state index in [2.05, 4.69) is 46.5 Å². The van der Waals surface area contributed by atoms with Crippen LogP contribution in [0.25, 0.3) is 0 Å². The third-order valence-corrected chi connectivity index (χ3v) is 5.89. The van der Waals surface area contributed by atoms with Gasteiger partial charge in [0.25, 0.3) is 5.91 Å². The van der Waals surface area contributed by atoms with Crippen LogP contribution in [-0.2, 0) is 0 Å². The monoisotopic (exact) mass is 357 g/mol. The minimum atomic E-state index is 0.00171. The number of nitrogens with one attached hydrogen (secondary N) is 1. The topological polar surface area (TPSA) is 35.6 Å². The second-order valence-electron chi connectivity index (χ2n) is 6.56. The molecule has 1 N–H and O–H groups in total. The fourth-order valence-corrected chi connectivity index (χ4v) is 4.48. The van der Waals surface area contributed by atoms with Gasteiger partial charge in [-0.2, -0.15) is 0 Å². The van der Waals surface area contributed by atoms with Gasteiger partial charge >= 0.3 is 0 Å². The van der Waals surface area contributed by atoms with E-state index in [1.54, 1.807) is 11.3 Å². The van der Waals surface area contributed by atoms with Gasteiger partial charge in [-0.05, 0) is 37.0 Å². The van der Waals surface area contributed by atoms with Crippen molar-refractivity contribution >= 4 is 17.2 Å². The van der Waals surface area contributed by atoms with E-state index in [-0.39, 0.29) is 18.0 Å². The Balaban J connectivity index is 1.72. The molecule has 0 unspecified atom stereocenters. The molecular formula is C20H27N3OS. The fraction of sp³-hybridized carbons (Fsp3) is 0.450. The van der Waals surface area contributed by atoms with Crippen molar-refractivity contribution in [1.29, 1.82) is 0 Å². The molecular weight excluding hydrogens is 330 g/mol. The van der Waals surface area contributed by atoms with Gasteiger partial charge in [0.05, 0.1) is 6.04 Å². The number of likely N-dealkylation sites (N-methyl/N-ethyl adjacent to an activating group) is 1. The Morgan fingerprint density at radius 3 is 2.44 bits per heavy atom. The van der Waals surface area contributed by atoms with E-state index in [1.165, 1.54) is 4.88 Å². The average Bonchev–Trinajstić information content (AvgIpc) is 3.17. The van der Waals surface area contributed by atoms with Crippen LogP contribution >= 0.6 is 11.3 Å². The highest BCUT2D eigenvalue weighted by atomic mass is 32.1. The first-order valence-electron chi connectivity index (χ1n) is 9.04. The summed E-state index contributed by atoms with van der Waals surface area (Å²) in [5.41, 5.74) is 0.718. The Morgan fingerprint density at radius 1 is 1.12 bits per heavy atom. The quantitative estimate of drug-likeness (QED) is 0.862. The largest absolute Gasteiger partial charge is 0.348 e. The number of piperazine rings is 1. The highest BCUT2D eigenvalue weighted by Crippen LogP contribution is 2.29. The number of benzene rings is 1. The summed E-state index contributed by atoms with van der Waals surface area (Å²) in [5.74, 6) is 0.00171. The Bertz CT molecular complexity index is 651. The number of rotatable bonds is 6. The van der Waals surface area contributed by atoms with Crippen molar-refractivity contribution in [1.82, 2.24) is 15.1 Å². The zero-order valence-electron chi connectivity index (χ0n) is 15.0. The minimum Gasteiger partial charge on any atom is -0.348 e. The number of thiophene rings is 1. The zero-order valence-corrected chi connectivity index (χ0v) is 15.8. The van der Waals surface area contributed by atoms with Crippen molar-refractivity contribution in [2.45, 2.75) is 25.9 Å². The first kappa shape index (κ1) is 18.1. The Kier molecular flexibility index (Phi) is 6.24. The summed E-state index contributed by atoms with van der Waals surface area (Å²) < 4.78 is 0. The van der Waals surface area contributed by atoms with Gasteiger partial charge in [-0.1, -0.05) is 31.2 Å². The van der Waals surface area contributed by atoms with Gasteiger partial charge in [-0.25, -0.2) is 0 Å². The van der Waals surface area contributed by atoms with Gasteiger partial charge in [0, 0.05) is 42.7 Å². The minimum absolute atomic E-state index is 0.00171. The van der Waals surface area contributed by atoms with Gasteiger partial charge in [0.1, 0.15) is 0 Å². The van der Waals surface area contributed by atoms with Crippen LogP contribution in [0.3, 0.4) is 0 Å². The van der Waals surface area contributed by atoms with Crippen molar-refractivity contribution in [2.75, 3.05) is 32.7 Å². The summed E-state index contributed by atoms with van der Waals surface area (Å²) in [5, 5.41) is 5.34. The molecule has 1 aromatic heterocycles. The molecule has 1 aliphatic rings. The Labute approximate surface area is 154 Å². The molecule has 0 spiro atoms. The second-order valence-corrected chi connectivity index (χ2v) is 7.54. The average molecular weight is 358 g/mol. The van der Waals surface area contributed by atoms with Gasteiger partial charge in [-0.15, -0.1) is 11.3 Å². The number of amides is 1. The molecule has 1 aromatic carbocycles. The SMILES string of the molecule is CCN1CCN([C@H](c2cccs2)[C@@H](C)NC(=O)c2ccccc2)CC1. The van der Waals surface area contributed by atoms with Gasteiger partial charge in [0.15, 0.2) is 0 Å². The molecule has 1 amide bonds. The van der Waals surface area contributed by atoms with Gasteiger partial charge < -0.3 is 10.2 Å². The molecule has 25 heavy (non-hydrogen) atoms. The molecule has 0 radical (unpaired) electrons. The number of hydrogen-bond donors (Lipinski definition) is 1. The number of carbonyl (C=O) groups is 1. The second kappa shape index (κ2) is 8.61. The standard InChI is InChI=1S/C20H27N3OS/c1-3-22-11-13-23(14-12-22)19(18-10-7-15-25-18)16(2)21-20(24)17-8-5-4-6-9-17/h4-10,15-16,19H,3,11-14H2,1-2H3,(H,21,24)/t16-,19+/m1/s1. The lowest BCUT2D eigenvalue weighted by molar-refractivity contribution is 0.0753. The van der Waals surface area contributed by atoms with Crippen LogP contribution in [0.5, 0.6) is 0 Å². The maximum Gasteiger partial charge on any atom is 0.251 e. The maximum atomic E-state index is 12.6. The Hall–Kier alpha value is -1.69. The zero-order chi connectivity index (χ0) is 17.6. The van der Waals surface area contributed by atoms with Crippen LogP contribution < -0.4 is 5.32 Å². The third kappa shape index (κ3) is 4.48. The van der Waals surface area contributed by atoms with Gasteiger partial charge in [0.2, 0.25) is 0 Å². The highest BCUT2D eigenvalue weighted by molar-refractivity contribution is 7.10. The summed E-state index contributed by atoms with van der Waals surface area (Å²) in [6.07, 6.45) is 0. The lowest BCUT2D eigenvalue weighted by atomic mass is 10.0. The Morgan fingerprint density at radius 2 is 1.84 bits per heavy atom. The number of carbonyl (C=O) groups excluding carboxylic acids is 1. The van der Waals surface area contributed by atoms with Crippen LogP contribution in [-0.4, -0.2) is 54.5 Å². The molecule has 2 aromatic rings. The molecule has 0 aliphatic carbocycles. The van der Waals surface area contributed by atoms with E-state index < -0.39 is 0 Å². The summed E-state index contributed by atoms with van der Waals surface area (Å²) in [6, 6.07) is 14.0. The molecule has 134 valence electrons. The molecule has 1 aliphatic heterocycles. The molecule has 4 nitrogen and oxygen atoms in total. The third-order valence-electron chi connectivity index (χ3n) is 4.95. The van der Waals surface area contributed by atoms with Crippen molar-refractivity contribution in [2.24, 2.45) is 0 Å². The fourth-order valence-electron chi connectivity index (χ4n) is 3.52. The van der Waals surface area contributed by atoms with Crippen LogP contribution in [0.2, 0.25) is 0 Å². The van der Waals surface area contributed by atoms with Crippen LogP contribution in [0.15, 0.2) is 47.8 Å². The van der Waals surface area contributed by atoms with Gasteiger partial charge in [-0.3, -0.25) is 9.69 Å². The predicted octanol–water partition coefficient (Wildman–Crippen LogP) is 3.25. The lowest BCUT2D eigenvalue weighted by Crippen LogP contribution is -2.52. The number of hydrogen-bond acceptors (Lipinski definition) is 4. The summed E-state index contributed by atoms with van der Waals surface area (Å²) in [7, 11) is 0. The molecule has 3 rings (SSSR count). The van der Waals surface area contributed by atoms with Crippen molar-refractivity contribution in [3.05, 3.63) is 58.3 Å². The normalized spacial score (nSPS) is 18.6. The van der Waals surface area contributed by atoms with E-state index >= 15 is 0 Å². The first-order chi connectivity index (χ1) is 12.2. The smallest absolute Gasteiger partial charge is 0.251 e.